The Hall–Kier alpha value is -0.120. The van der Waals surface area contributed by atoms with Crippen LogP contribution in [-0.4, -0.2) is 30.5 Å². The molecule has 0 aromatic heterocycles. The fourth-order valence-corrected chi connectivity index (χ4v) is 3.62. The van der Waals surface area contributed by atoms with Crippen LogP contribution in [-0.2, 0) is 0 Å². The van der Waals surface area contributed by atoms with Gasteiger partial charge in [-0.25, -0.2) is 0 Å². The largest absolute Gasteiger partial charge is 0.379 e. The van der Waals surface area contributed by atoms with Gasteiger partial charge in [0.2, 0.25) is 0 Å². The van der Waals surface area contributed by atoms with Crippen molar-refractivity contribution < 1.29 is 5.11 Å². The standard InChI is InChI=1S/C24H52N2O/c1-4-6-7-8-9-10-11-12-13-14-15-16-17-18-19-20-21-25-22-23(3)26-24(27)5-2/h23-27H,4-22H2,1-3H3. The summed E-state index contributed by atoms with van der Waals surface area (Å²) in [4.78, 5) is 0. The highest BCUT2D eigenvalue weighted by Gasteiger charge is 2.05. The van der Waals surface area contributed by atoms with Crippen LogP contribution >= 0.6 is 0 Å². The monoisotopic (exact) mass is 384 g/mol. The van der Waals surface area contributed by atoms with Gasteiger partial charge in [-0.05, 0) is 26.3 Å². The molecule has 0 rings (SSSR count). The molecule has 0 aromatic carbocycles. The third kappa shape index (κ3) is 22.0. The topological polar surface area (TPSA) is 44.3 Å². The molecule has 0 amide bonds. The molecule has 3 heteroatoms. The van der Waals surface area contributed by atoms with E-state index >= 15 is 0 Å². The SMILES string of the molecule is CCCCCCCCCCCCCCCCCCNCC(C)NC(O)CC. The fraction of sp³-hybridized carbons (Fsp3) is 1.00. The molecule has 3 nitrogen and oxygen atoms in total. The lowest BCUT2D eigenvalue weighted by Gasteiger charge is -2.18. The molecule has 0 fully saturated rings. The smallest absolute Gasteiger partial charge is 0.104 e. The van der Waals surface area contributed by atoms with E-state index in [1.807, 2.05) is 6.92 Å². The molecule has 0 heterocycles. The summed E-state index contributed by atoms with van der Waals surface area (Å²) < 4.78 is 0. The molecule has 0 aromatic rings. The average Bonchev–Trinajstić information content (AvgIpc) is 2.66. The fourth-order valence-electron chi connectivity index (χ4n) is 3.62. The third-order valence-electron chi connectivity index (χ3n) is 5.52. The van der Waals surface area contributed by atoms with Crippen molar-refractivity contribution in [3.8, 4) is 0 Å². The summed E-state index contributed by atoms with van der Waals surface area (Å²) in [6, 6.07) is 0.334. The second-order valence-electron chi connectivity index (χ2n) is 8.50. The van der Waals surface area contributed by atoms with Gasteiger partial charge in [-0.15, -0.1) is 0 Å². The Morgan fingerprint density at radius 2 is 1.04 bits per heavy atom. The van der Waals surface area contributed by atoms with Crippen LogP contribution in [0.2, 0.25) is 0 Å². The quantitative estimate of drug-likeness (QED) is 0.147. The number of nitrogens with one attached hydrogen (secondary N) is 2. The predicted octanol–water partition coefficient (Wildman–Crippen LogP) is 6.54. The van der Waals surface area contributed by atoms with Gasteiger partial charge in [0.05, 0.1) is 0 Å². The van der Waals surface area contributed by atoms with Crippen molar-refractivity contribution in [1.29, 1.82) is 0 Å². The number of hydrogen-bond acceptors (Lipinski definition) is 3. The normalized spacial score (nSPS) is 13.8. The summed E-state index contributed by atoms with van der Waals surface area (Å²) in [6.45, 7) is 8.45. The van der Waals surface area contributed by atoms with Crippen LogP contribution < -0.4 is 10.6 Å². The minimum Gasteiger partial charge on any atom is -0.379 e. The number of aliphatic hydroxyl groups is 1. The van der Waals surface area contributed by atoms with E-state index in [9.17, 15) is 5.11 Å². The van der Waals surface area contributed by atoms with Crippen molar-refractivity contribution in [2.45, 2.75) is 142 Å². The van der Waals surface area contributed by atoms with Gasteiger partial charge in [0.25, 0.3) is 0 Å². The molecule has 0 saturated carbocycles. The Bertz CT molecular complexity index is 273. The van der Waals surface area contributed by atoms with Crippen LogP contribution in [0.3, 0.4) is 0 Å². The van der Waals surface area contributed by atoms with E-state index in [-0.39, 0.29) is 6.23 Å². The van der Waals surface area contributed by atoms with E-state index < -0.39 is 0 Å². The number of aliphatic hydroxyl groups excluding tert-OH is 1. The Balaban J connectivity index is 3.09. The lowest BCUT2D eigenvalue weighted by molar-refractivity contribution is 0.120. The van der Waals surface area contributed by atoms with Gasteiger partial charge in [0, 0.05) is 12.6 Å². The Morgan fingerprint density at radius 1 is 0.630 bits per heavy atom. The minimum atomic E-state index is -0.364. The summed E-state index contributed by atoms with van der Waals surface area (Å²) in [6.07, 6.45) is 23.2. The summed E-state index contributed by atoms with van der Waals surface area (Å²) >= 11 is 0. The summed E-state index contributed by atoms with van der Waals surface area (Å²) in [5.74, 6) is 0. The first kappa shape index (κ1) is 26.9. The average molecular weight is 385 g/mol. The molecule has 0 bridgehead atoms. The van der Waals surface area contributed by atoms with Crippen molar-refractivity contribution >= 4 is 0 Å². The van der Waals surface area contributed by atoms with Crippen LogP contribution in [0.25, 0.3) is 0 Å². The predicted molar refractivity (Wildman–Crippen MR) is 121 cm³/mol. The van der Waals surface area contributed by atoms with E-state index in [4.69, 9.17) is 0 Å². The Morgan fingerprint density at radius 3 is 1.44 bits per heavy atom. The van der Waals surface area contributed by atoms with Crippen LogP contribution in [0, 0.1) is 0 Å². The van der Waals surface area contributed by atoms with Crippen molar-refractivity contribution in [1.82, 2.24) is 10.6 Å². The zero-order chi connectivity index (χ0) is 20.0. The molecular formula is C24H52N2O. The highest BCUT2D eigenvalue weighted by Crippen LogP contribution is 2.13. The van der Waals surface area contributed by atoms with Crippen molar-refractivity contribution in [3.63, 3.8) is 0 Å². The molecule has 0 aliphatic rings. The van der Waals surface area contributed by atoms with Gasteiger partial charge >= 0.3 is 0 Å². The van der Waals surface area contributed by atoms with Gasteiger partial charge in [0.1, 0.15) is 6.23 Å². The van der Waals surface area contributed by atoms with E-state index in [1.165, 1.54) is 103 Å². The molecule has 0 aliphatic carbocycles. The second-order valence-corrected chi connectivity index (χ2v) is 8.50. The molecule has 164 valence electrons. The van der Waals surface area contributed by atoms with E-state index in [0.717, 1.165) is 19.5 Å². The van der Waals surface area contributed by atoms with Crippen LogP contribution in [0.5, 0.6) is 0 Å². The lowest BCUT2D eigenvalue weighted by atomic mass is 10.0. The van der Waals surface area contributed by atoms with Gasteiger partial charge in [-0.3, -0.25) is 5.32 Å². The van der Waals surface area contributed by atoms with Crippen molar-refractivity contribution in [3.05, 3.63) is 0 Å². The van der Waals surface area contributed by atoms with Gasteiger partial charge in [-0.1, -0.05) is 110 Å². The zero-order valence-corrected chi connectivity index (χ0v) is 19.0. The first-order valence-corrected chi connectivity index (χ1v) is 12.4. The first-order chi connectivity index (χ1) is 13.2. The maximum atomic E-state index is 9.54. The number of hydrogen-bond donors (Lipinski definition) is 3. The van der Waals surface area contributed by atoms with Crippen molar-refractivity contribution in [2.75, 3.05) is 13.1 Å². The molecular weight excluding hydrogens is 332 g/mol. The third-order valence-corrected chi connectivity index (χ3v) is 5.52. The molecule has 0 aliphatic heterocycles. The van der Waals surface area contributed by atoms with E-state index in [1.54, 1.807) is 0 Å². The first-order valence-electron chi connectivity index (χ1n) is 12.4. The summed E-state index contributed by atoms with van der Waals surface area (Å²) in [7, 11) is 0. The Kier molecular flexibility index (Phi) is 22.1. The lowest BCUT2D eigenvalue weighted by Crippen LogP contribution is -2.42. The molecule has 2 unspecified atom stereocenters. The van der Waals surface area contributed by atoms with E-state index in [0.29, 0.717) is 6.04 Å². The number of unbranched alkanes of at least 4 members (excludes halogenated alkanes) is 15. The van der Waals surface area contributed by atoms with E-state index in [2.05, 4.69) is 24.5 Å². The molecule has 0 saturated heterocycles. The van der Waals surface area contributed by atoms with Gasteiger partial charge < -0.3 is 10.4 Å². The maximum Gasteiger partial charge on any atom is 0.104 e. The Labute approximate surface area is 171 Å². The highest BCUT2D eigenvalue weighted by atomic mass is 16.3. The van der Waals surface area contributed by atoms with Crippen LogP contribution in [0.15, 0.2) is 0 Å². The van der Waals surface area contributed by atoms with Crippen molar-refractivity contribution in [2.24, 2.45) is 0 Å². The van der Waals surface area contributed by atoms with Crippen LogP contribution in [0.1, 0.15) is 130 Å². The molecule has 0 spiro atoms. The maximum absolute atomic E-state index is 9.54. The summed E-state index contributed by atoms with van der Waals surface area (Å²) in [5, 5.41) is 16.2. The van der Waals surface area contributed by atoms with Gasteiger partial charge in [0.15, 0.2) is 0 Å². The van der Waals surface area contributed by atoms with Gasteiger partial charge in [-0.2, -0.15) is 0 Å². The zero-order valence-electron chi connectivity index (χ0n) is 19.0. The number of rotatable bonds is 22. The molecule has 3 N–H and O–H groups in total. The summed E-state index contributed by atoms with van der Waals surface area (Å²) in [5.41, 5.74) is 0. The molecule has 27 heavy (non-hydrogen) atoms. The van der Waals surface area contributed by atoms with Crippen LogP contribution in [0.4, 0.5) is 0 Å². The second kappa shape index (κ2) is 22.2. The highest BCUT2D eigenvalue weighted by molar-refractivity contribution is 4.65. The molecule has 0 radical (unpaired) electrons. The minimum absolute atomic E-state index is 0.334. The molecule has 2 atom stereocenters.